The third-order valence-electron chi connectivity index (χ3n) is 3.00. The van der Waals surface area contributed by atoms with Gasteiger partial charge in [-0.1, -0.05) is 18.7 Å². The van der Waals surface area contributed by atoms with Crippen LogP contribution < -0.4 is 5.32 Å². The Balaban J connectivity index is 2.47. The summed E-state index contributed by atoms with van der Waals surface area (Å²) in [5, 5.41) is 13.7. The second kappa shape index (κ2) is 7.82. The molecule has 0 amide bonds. The van der Waals surface area contributed by atoms with Crippen LogP contribution in [0.4, 0.5) is 0 Å². The molecule has 1 aromatic heterocycles. The van der Waals surface area contributed by atoms with E-state index in [-0.39, 0.29) is 12.1 Å². The summed E-state index contributed by atoms with van der Waals surface area (Å²) in [5.41, 5.74) is 1.80. The molecular formula is C14H25N3OS. The van der Waals surface area contributed by atoms with Crippen LogP contribution >= 0.6 is 11.8 Å². The molecule has 2 N–H and O–H groups in total. The first kappa shape index (κ1) is 16.4. The molecule has 1 atom stereocenters. The number of nitrogens with one attached hydrogen (secondary N) is 1. The van der Waals surface area contributed by atoms with Crippen molar-refractivity contribution in [2.75, 3.05) is 18.9 Å². The molecule has 0 aliphatic heterocycles. The van der Waals surface area contributed by atoms with Gasteiger partial charge in [-0.2, -0.15) is 0 Å². The van der Waals surface area contributed by atoms with Gasteiger partial charge in [-0.05, 0) is 46.2 Å². The van der Waals surface area contributed by atoms with E-state index in [4.69, 9.17) is 0 Å². The Morgan fingerprint density at radius 2 is 1.95 bits per heavy atom. The summed E-state index contributed by atoms with van der Waals surface area (Å²) in [5.74, 6) is 0.899. The third kappa shape index (κ3) is 5.89. The van der Waals surface area contributed by atoms with Crippen molar-refractivity contribution in [3.05, 3.63) is 17.5 Å². The van der Waals surface area contributed by atoms with Crippen molar-refractivity contribution in [1.82, 2.24) is 15.3 Å². The topological polar surface area (TPSA) is 58.0 Å². The van der Waals surface area contributed by atoms with Crippen molar-refractivity contribution >= 4 is 11.8 Å². The van der Waals surface area contributed by atoms with Gasteiger partial charge in [0, 0.05) is 22.7 Å². The maximum absolute atomic E-state index is 9.49. The molecule has 1 unspecified atom stereocenters. The van der Waals surface area contributed by atoms with E-state index >= 15 is 0 Å². The van der Waals surface area contributed by atoms with Crippen molar-refractivity contribution in [2.45, 2.75) is 51.2 Å². The Morgan fingerprint density at radius 1 is 1.32 bits per heavy atom. The van der Waals surface area contributed by atoms with Crippen LogP contribution in [0.5, 0.6) is 0 Å². The molecule has 0 spiro atoms. The fourth-order valence-electron chi connectivity index (χ4n) is 1.78. The normalized spacial score (nSPS) is 14.4. The van der Waals surface area contributed by atoms with E-state index in [1.54, 1.807) is 11.8 Å². The van der Waals surface area contributed by atoms with E-state index < -0.39 is 0 Å². The average molecular weight is 283 g/mol. The maximum Gasteiger partial charge on any atom is 0.187 e. The number of rotatable bonds is 8. The SMILES string of the molecule is CCCNC(C)(CO)CCSc1nc(C)cc(C)n1. The van der Waals surface area contributed by atoms with Crippen LogP contribution in [0, 0.1) is 13.8 Å². The van der Waals surface area contributed by atoms with Gasteiger partial charge in [-0.15, -0.1) is 0 Å². The highest BCUT2D eigenvalue weighted by atomic mass is 32.2. The molecule has 0 fully saturated rings. The number of aliphatic hydroxyl groups excluding tert-OH is 1. The number of hydrogen-bond donors (Lipinski definition) is 2. The molecule has 0 saturated heterocycles. The summed E-state index contributed by atoms with van der Waals surface area (Å²) < 4.78 is 0. The molecule has 0 aromatic carbocycles. The van der Waals surface area contributed by atoms with Gasteiger partial charge in [0.05, 0.1) is 6.61 Å². The van der Waals surface area contributed by atoms with Crippen LogP contribution in [0.25, 0.3) is 0 Å². The Labute approximate surface area is 120 Å². The minimum atomic E-state index is -0.206. The second-order valence-electron chi connectivity index (χ2n) is 5.18. The van der Waals surface area contributed by atoms with Crippen molar-refractivity contribution in [1.29, 1.82) is 0 Å². The lowest BCUT2D eigenvalue weighted by Gasteiger charge is -2.28. The van der Waals surface area contributed by atoms with Crippen LogP contribution in [0.2, 0.25) is 0 Å². The monoisotopic (exact) mass is 283 g/mol. The Bertz CT molecular complexity index is 380. The van der Waals surface area contributed by atoms with E-state index in [1.807, 2.05) is 19.9 Å². The number of aromatic nitrogens is 2. The second-order valence-corrected chi connectivity index (χ2v) is 6.24. The number of thioether (sulfide) groups is 1. The Kier molecular flexibility index (Phi) is 6.75. The molecule has 108 valence electrons. The predicted octanol–water partition coefficient (Wildman–Crippen LogP) is 2.33. The van der Waals surface area contributed by atoms with Crippen molar-refractivity contribution in [3.63, 3.8) is 0 Å². The first-order valence-corrected chi connectivity index (χ1v) is 7.78. The average Bonchev–Trinajstić information content (AvgIpc) is 2.35. The van der Waals surface area contributed by atoms with Gasteiger partial charge in [0.15, 0.2) is 5.16 Å². The third-order valence-corrected chi connectivity index (χ3v) is 3.85. The first-order chi connectivity index (χ1) is 8.99. The van der Waals surface area contributed by atoms with Gasteiger partial charge in [0.25, 0.3) is 0 Å². The van der Waals surface area contributed by atoms with Crippen LogP contribution in [-0.2, 0) is 0 Å². The predicted molar refractivity (Wildman–Crippen MR) is 80.6 cm³/mol. The number of nitrogens with zero attached hydrogens (tertiary/aromatic N) is 2. The molecule has 1 aromatic rings. The fourth-order valence-corrected chi connectivity index (χ4v) is 2.93. The van der Waals surface area contributed by atoms with Crippen LogP contribution in [-0.4, -0.2) is 39.5 Å². The molecule has 19 heavy (non-hydrogen) atoms. The number of hydrogen-bond acceptors (Lipinski definition) is 5. The summed E-state index contributed by atoms with van der Waals surface area (Å²) in [6.07, 6.45) is 1.97. The molecule has 0 bridgehead atoms. The van der Waals surface area contributed by atoms with E-state index in [0.29, 0.717) is 0 Å². The van der Waals surface area contributed by atoms with E-state index in [1.165, 1.54) is 0 Å². The molecule has 1 heterocycles. The number of aliphatic hydroxyl groups is 1. The van der Waals surface area contributed by atoms with Crippen LogP contribution in [0.15, 0.2) is 11.2 Å². The summed E-state index contributed by atoms with van der Waals surface area (Å²) in [7, 11) is 0. The standard InChI is InChI=1S/C14H25N3OS/c1-5-7-15-14(4,10-18)6-8-19-13-16-11(2)9-12(3)17-13/h9,15,18H,5-8,10H2,1-4H3. The molecular weight excluding hydrogens is 258 g/mol. The number of aryl methyl sites for hydroxylation is 2. The fraction of sp³-hybridized carbons (Fsp3) is 0.714. The molecule has 0 radical (unpaired) electrons. The zero-order valence-corrected chi connectivity index (χ0v) is 13.2. The van der Waals surface area contributed by atoms with E-state index in [0.717, 1.165) is 41.7 Å². The van der Waals surface area contributed by atoms with Gasteiger partial charge >= 0.3 is 0 Å². The lowest BCUT2D eigenvalue weighted by Crippen LogP contribution is -2.46. The van der Waals surface area contributed by atoms with Gasteiger partial charge in [0.1, 0.15) is 0 Å². The minimum absolute atomic E-state index is 0.154. The van der Waals surface area contributed by atoms with Crippen molar-refractivity contribution < 1.29 is 5.11 Å². The van der Waals surface area contributed by atoms with E-state index in [2.05, 4.69) is 29.1 Å². The smallest absolute Gasteiger partial charge is 0.187 e. The highest BCUT2D eigenvalue weighted by Crippen LogP contribution is 2.19. The van der Waals surface area contributed by atoms with Gasteiger partial charge < -0.3 is 10.4 Å². The molecule has 5 heteroatoms. The molecule has 4 nitrogen and oxygen atoms in total. The molecule has 1 rings (SSSR count). The van der Waals surface area contributed by atoms with Gasteiger partial charge in [-0.25, -0.2) is 9.97 Å². The maximum atomic E-state index is 9.49. The summed E-state index contributed by atoms with van der Waals surface area (Å²) >= 11 is 1.65. The highest BCUT2D eigenvalue weighted by Gasteiger charge is 2.21. The van der Waals surface area contributed by atoms with E-state index in [9.17, 15) is 5.11 Å². The van der Waals surface area contributed by atoms with Gasteiger partial charge in [-0.3, -0.25) is 0 Å². The molecule has 0 saturated carbocycles. The first-order valence-electron chi connectivity index (χ1n) is 6.80. The lowest BCUT2D eigenvalue weighted by molar-refractivity contribution is 0.171. The summed E-state index contributed by atoms with van der Waals surface area (Å²) in [4.78, 5) is 8.82. The largest absolute Gasteiger partial charge is 0.394 e. The van der Waals surface area contributed by atoms with Crippen LogP contribution in [0.3, 0.4) is 0 Å². The Morgan fingerprint density at radius 3 is 2.47 bits per heavy atom. The highest BCUT2D eigenvalue weighted by molar-refractivity contribution is 7.99. The zero-order chi connectivity index (χ0) is 14.3. The Hall–Kier alpha value is -0.650. The zero-order valence-electron chi connectivity index (χ0n) is 12.4. The molecule has 0 aliphatic carbocycles. The minimum Gasteiger partial charge on any atom is -0.394 e. The summed E-state index contributed by atoms with van der Waals surface area (Å²) in [6.45, 7) is 9.25. The quantitative estimate of drug-likeness (QED) is 0.566. The van der Waals surface area contributed by atoms with Gasteiger partial charge in [0.2, 0.25) is 0 Å². The van der Waals surface area contributed by atoms with Crippen molar-refractivity contribution in [2.24, 2.45) is 0 Å². The van der Waals surface area contributed by atoms with Crippen LogP contribution in [0.1, 0.15) is 38.1 Å². The van der Waals surface area contributed by atoms with Crippen molar-refractivity contribution in [3.8, 4) is 0 Å². The molecule has 0 aliphatic rings. The lowest BCUT2D eigenvalue weighted by atomic mass is 10.0. The summed E-state index contributed by atoms with van der Waals surface area (Å²) in [6, 6.07) is 1.98.